The summed E-state index contributed by atoms with van der Waals surface area (Å²) >= 11 is -1.42. The number of hydrogen-bond acceptors (Lipinski definition) is 3. The van der Waals surface area contributed by atoms with Crippen molar-refractivity contribution in [2.24, 2.45) is 10.8 Å². The standard InChI is InChI=1S/C19H27NO3Se/c1-9-22-17(21)14(20-8)10-11-24-12-15(18(2,3)4)23-16(13-24)19(5,6)7/h10-13H,9H2,1-7H3. The topological polar surface area (TPSA) is 39.9 Å². The number of allylic oxidation sites excluding steroid dienone is 3. The SMILES string of the molecule is [C-]#[N+]C(=CC=[Se]1C=C(C(C)(C)C)OC(C(C)(C)C)=C1)C(=O)OCC. The van der Waals surface area contributed by atoms with Crippen LogP contribution < -0.4 is 0 Å². The summed E-state index contributed by atoms with van der Waals surface area (Å²) in [7, 11) is 0. The van der Waals surface area contributed by atoms with Crippen molar-refractivity contribution >= 4 is 24.4 Å². The van der Waals surface area contributed by atoms with Gasteiger partial charge < -0.3 is 0 Å². The predicted octanol–water partition coefficient (Wildman–Crippen LogP) is 4.20. The summed E-state index contributed by atoms with van der Waals surface area (Å²) in [4.78, 5) is 21.3. The predicted molar refractivity (Wildman–Crippen MR) is 99.3 cm³/mol. The molecule has 0 aromatic carbocycles. The van der Waals surface area contributed by atoms with Crippen molar-refractivity contribution in [2.45, 2.75) is 48.5 Å². The van der Waals surface area contributed by atoms with Crippen LogP contribution in [0.4, 0.5) is 0 Å². The fourth-order valence-electron chi connectivity index (χ4n) is 1.69. The first kappa shape index (κ1) is 20.4. The molecule has 0 N–H and O–H groups in total. The van der Waals surface area contributed by atoms with E-state index < -0.39 is 19.4 Å². The molecule has 0 fully saturated rings. The second-order valence-electron chi connectivity index (χ2n) is 7.49. The van der Waals surface area contributed by atoms with Gasteiger partial charge in [-0.2, -0.15) is 0 Å². The van der Waals surface area contributed by atoms with Crippen molar-refractivity contribution in [3.63, 3.8) is 0 Å². The number of nitrogens with zero attached hydrogens (tertiary/aromatic N) is 1. The van der Waals surface area contributed by atoms with Crippen molar-refractivity contribution in [3.05, 3.63) is 44.7 Å². The van der Waals surface area contributed by atoms with Gasteiger partial charge in [0.25, 0.3) is 0 Å². The van der Waals surface area contributed by atoms with Gasteiger partial charge in [-0.25, -0.2) is 0 Å². The molecule has 0 bridgehead atoms. The molecule has 0 aromatic heterocycles. The van der Waals surface area contributed by atoms with Crippen molar-refractivity contribution in [3.8, 4) is 0 Å². The van der Waals surface area contributed by atoms with Gasteiger partial charge in [0.05, 0.1) is 0 Å². The Morgan fingerprint density at radius 2 is 1.71 bits per heavy atom. The molecule has 1 aliphatic heterocycles. The summed E-state index contributed by atoms with van der Waals surface area (Å²) in [5.41, 5.74) is -0.162. The van der Waals surface area contributed by atoms with Crippen LogP contribution in [0, 0.1) is 17.4 Å². The van der Waals surface area contributed by atoms with Crippen LogP contribution >= 0.6 is 0 Å². The van der Waals surface area contributed by atoms with Crippen LogP contribution in [0.15, 0.2) is 33.2 Å². The van der Waals surface area contributed by atoms with Crippen molar-refractivity contribution < 1.29 is 14.3 Å². The number of esters is 1. The molecule has 0 saturated carbocycles. The molecule has 1 rings (SSSR count). The quantitative estimate of drug-likeness (QED) is 0.311. The second-order valence-corrected chi connectivity index (χ2v) is 10.8. The molecular weight excluding hydrogens is 369 g/mol. The van der Waals surface area contributed by atoms with E-state index >= 15 is 0 Å². The van der Waals surface area contributed by atoms with Gasteiger partial charge in [-0.3, -0.25) is 0 Å². The van der Waals surface area contributed by atoms with E-state index in [2.05, 4.69) is 56.3 Å². The van der Waals surface area contributed by atoms with E-state index in [9.17, 15) is 4.79 Å². The van der Waals surface area contributed by atoms with E-state index in [0.717, 1.165) is 11.5 Å². The number of ether oxygens (including phenoxy) is 2. The third-order valence-corrected chi connectivity index (χ3v) is 6.16. The molecule has 5 heteroatoms. The summed E-state index contributed by atoms with van der Waals surface area (Å²) in [6.45, 7) is 21.9. The molecule has 0 amide bonds. The van der Waals surface area contributed by atoms with Gasteiger partial charge in [0.15, 0.2) is 0 Å². The first-order valence-electron chi connectivity index (χ1n) is 7.92. The molecule has 1 aliphatic rings. The summed E-state index contributed by atoms with van der Waals surface area (Å²) in [5, 5.41) is 0. The van der Waals surface area contributed by atoms with Crippen LogP contribution in [-0.4, -0.2) is 31.0 Å². The van der Waals surface area contributed by atoms with E-state index in [-0.39, 0.29) is 23.1 Å². The minimum atomic E-state index is -1.42. The van der Waals surface area contributed by atoms with E-state index in [4.69, 9.17) is 16.0 Å². The summed E-state index contributed by atoms with van der Waals surface area (Å²) in [6.07, 6.45) is 1.59. The summed E-state index contributed by atoms with van der Waals surface area (Å²) in [5.74, 6) is 1.33. The second kappa shape index (κ2) is 7.96. The average molecular weight is 396 g/mol. The number of rotatable bonds is 3. The summed E-state index contributed by atoms with van der Waals surface area (Å²) in [6, 6.07) is 0. The van der Waals surface area contributed by atoms with E-state index in [0.29, 0.717) is 0 Å². The first-order chi connectivity index (χ1) is 11.0. The van der Waals surface area contributed by atoms with Crippen LogP contribution in [0.2, 0.25) is 0 Å². The molecule has 0 spiro atoms. The van der Waals surface area contributed by atoms with Crippen molar-refractivity contribution in [1.82, 2.24) is 0 Å². The maximum absolute atomic E-state index is 11.7. The van der Waals surface area contributed by atoms with Crippen molar-refractivity contribution in [1.29, 1.82) is 0 Å². The van der Waals surface area contributed by atoms with Gasteiger partial charge in [-0.1, -0.05) is 0 Å². The molecule has 0 radical (unpaired) electrons. The van der Waals surface area contributed by atoms with E-state index in [1.54, 1.807) is 13.0 Å². The Morgan fingerprint density at radius 1 is 1.21 bits per heavy atom. The molecule has 132 valence electrons. The van der Waals surface area contributed by atoms with Gasteiger partial charge in [0, 0.05) is 0 Å². The Bertz CT molecular complexity index is 630. The third kappa shape index (κ3) is 5.78. The normalized spacial score (nSPS) is 16.5. The minimum absolute atomic E-state index is 0.0171. The fraction of sp³-hybridized carbons (Fsp3) is 0.526. The molecule has 0 saturated heterocycles. The van der Waals surface area contributed by atoms with E-state index in [1.165, 1.54) is 0 Å². The monoisotopic (exact) mass is 397 g/mol. The van der Waals surface area contributed by atoms with Gasteiger partial charge in [0.2, 0.25) is 0 Å². The Morgan fingerprint density at radius 3 is 2.08 bits per heavy atom. The van der Waals surface area contributed by atoms with E-state index in [1.807, 2.05) is 4.92 Å². The molecule has 0 aromatic rings. The molecule has 1 heterocycles. The maximum atomic E-state index is 11.7. The molecule has 24 heavy (non-hydrogen) atoms. The van der Waals surface area contributed by atoms with Crippen molar-refractivity contribution in [2.75, 3.05) is 6.61 Å². The Hall–Kier alpha value is -1.63. The first-order valence-corrected chi connectivity index (χ1v) is 10.9. The van der Waals surface area contributed by atoms with Crippen LogP contribution in [0.3, 0.4) is 0 Å². The van der Waals surface area contributed by atoms with Crippen LogP contribution in [-0.2, 0) is 14.3 Å². The van der Waals surface area contributed by atoms with Crippen LogP contribution in [0.5, 0.6) is 0 Å². The summed E-state index contributed by atoms with van der Waals surface area (Å²) < 4.78 is 11.0. The van der Waals surface area contributed by atoms with Gasteiger partial charge >= 0.3 is 149 Å². The zero-order valence-corrected chi connectivity index (χ0v) is 17.3. The third-order valence-electron chi connectivity index (χ3n) is 3.17. The van der Waals surface area contributed by atoms with Crippen LogP contribution in [0.1, 0.15) is 48.5 Å². The number of carbonyl (C=O) groups is 1. The molecular formula is C19H27NO3Se. The molecule has 0 unspecified atom stereocenters. The number of carbonyl (C=O) groups excluding carboxylic acids is 1. The Labute approximate surface area is 149 Å². The van der Waals surface area contributed by atoms with Gasteiger partial charge in [-0.05, 0) is 0 Å². The number of hydrogen-bond donors (Lipinski definition) is 0. The average Bonchev–Trinajstić information content (AvgIpc) is 2.46. The Kier molecular flexibility index (Phi) is 6.77. The fourth-order valence-corrected chi connectivity index (χ4v) is 5.48. The zero-order valence-electron chi connectivity index (χ0n) is 15.6. The molecule has 4 nitrogen and oxygen atoms in total. The molecule has 0 aliphatic carbocycles. The van der Waals surface area contributed by atoms with Gasteiger partial charge in [0.1, 0.15) is 0 Å². The zero-order chi connectivity index (χ0) is 18.5. The van der Waals surface area contributed by atoms with Gasteiger partial charge in [-0.15, -0.1) is 0 Å². The molecule has 0 atom stereocenters. The van der Waals surface area contributed by atoms with Crippen LogP contribution in [0.25, 0.3) is 4.85 Å². The Balaban J connectivity index is 3.28.